The highest BCUT2D eigenvalue weighted by atomic mass is 35.5. The lowest BCUT2D eigenvalue weighted by Gasteiger charge is -2.30. The number of nitrogens with zero attached hydrogens (tertiary/aromatic N) is 2. The van der Waals surface area contributed by atoms with Gasteiger partial charge < -0.3 is 14.6 Å². The number of piperidine rings is 1. The van der Waals surface area contributed by atoms with Crippen LogP contribution < -0.4 is 5.32 Å². The second-order valence-corrected chi connectivity index (χ2v) is 5.16. The van der Waals surface area contributed by atoms with Gasteiger partial charge in [0.1, 0.15) is 0 Å². The van der Waals surface area contributed by atoms with E-state index in [9.17, 15) is 4.79 Å². The average Bonchev–Trinajstić information content (AvgIpc) is 2.85. The first kappa shape index (κ1) is 11.0. The standard InChI is InChI=1S/C11H14ClN3O2/c12-9-4-13-11(17-9)10(16)14-8-3-7-1-2-15(5-7)6-8/h4,7-8H,1-3,5-6H2,(H,14,16)/t7-,8+/m1/s1. The molecule has 2 aliphatic heterocycles. The number of oxazole rings is 1. The summed E-state index contributed by atoms with van der Waals surface area (Å²) >= 11 is 5.59. The Hall–Kier alpha value is -1.07. The second-order valence-electron chi connectivity index (χ2n) is 4.79. The summed E-state index contributed by atoms with van der Waals surface area (Å²) in [5, 5.41) is 3.10. The Kier molecular flexibility index (Phi) is 2.80. The summed E-state index contributed by atoms with van der Waals surface area (Å²) in [6, 6.07) is 0.203. The topological polar surface area (TPSA) is 58.4 Å². The van der Waals surface area contributed by atoms with Crippen molar-refractivity contribution in [3.8, 4) is 0 Å². The molecule has 2 fully saturated rings. The summed E-state index contributed by atoms with van der Waals surface area (Å²) in [5.74, 6) is 0.495. The largest absolute Gasteiger partial charge is 0.420 e. The predicted octanol–water partition coefficient (Wildman–Crippen LogP) is 1.15. The third-order valence-electron chi connectivity index (χ3n) is 3.47. The summed E-state index contributed by atoms with van der Waals surface area (Å²) < 4.78 is 4.98. The van der Waals surface area contributed by atoms with Crippen molar-refractivity contribution in [2.24, 2.45) is 5.92 Å². The zero-order valence-electron chi connectivity index (χ0n) is 9.36. The molecule has 0 spiro atoms. The second kappa shape index (κ2) is 4.31. The van der Waals surface area contributed by atoms with Crippen LogP contribution in [0.5, 0.6) is 0 Å². The van der Waals surface area contributed by atoms with Crippen molar-refractivity contribution in [3.63, 3.8) is 0 Å². The first-order valence-electron chi connectivity index (χ1n) is 5.85. The molecule has 1 aromatic heterocycles. The summed E-state index contributed by atoms with van der Waals surface area (Å²) in [4.78, 5) is 18.0. The number of aromatic nitrogens is 1. The van der Waals surface area contributed by atoms with E-state index in [1.54, 1.807) is 0 Å². The Morgan fingerprint density at radius 3 is 3.18 bits per heavy atom. The molecule has 92 valence electrons. The minimum Gasteiger partial charge on any atom is -0.420 e. The Bertz CT molecular complexity index is 422. The summed E-state index contributed by atoms with van der Waals surface area (Å²) in [6.07, 6.45) is 3.64. The van der Waals surface area contributed by atoms with E-state index in [1.807, 2.05) is 0 Å². The highest BCUT2D eigenvalue weighted by Crippen LogP contribution is 2.26. The minimum atomic E-state index is -0.274. The number of amides is 1. The molecule has 0 aromatic carbocycles. The van der Waals surface area contributed by atoms with Crippen LogP contribution in [0, 0.1) is 5.92 Å². The monoisotopic (exact) mass is 255 g/mol. The van der Waals surface area contributed by atoms with Crippen LogP contribution in [-0.2, 0) is 0 Å². The highest BCUT2D eigenvalue weighted by molar-refractivity contribution is 6.28. The van der Waals surface area contributed by atoms with Gasteiger partial charge in [0.25, 0.3) is 5.89 Å². The maximum absolute atomic E-state index is 11.8. The molecule has 2 aliphatic rings. The third-order valence-corrected chi connectivity index (χ3v) is 3.65. The van der Waals surface area contributed by atoms with E-state index in [2.05, 4.69) is 15.2 Å². The number of halogens is 1. The number of carbonyl (C=O) groups is 1. The maximum atomic E-state index is 11.8. The molecular weight excluding hydrogens is 242 g/mol. The van der Waals surface area contributed by atoms with Crippen LogP contribution in [0.1, 0.15) is 23.5 Å². The van der Waals surface area contributed by atoms with Crippen LogP contribution in [0.15, 0.2) is 10.6 Å². The van der Waals surface area contributed by atoms with Crippen LogP contribution in [0.25, 0.3) is 0 Å². The summed E-state index contributed by atoms with van der Waals surface area (Å²) in [6.45, 7) is 3.26. The molecule has 5 nitrogen and oxygen atoms in total. The van der Waals surface area contributed by atoms with Gasteiger partial charge >= 0.3 is 5.91 Å². The normalized spacial score (nSPS) is 31.5. The lowest BCUT2D eigenvalue weighted by molar-refractivity contribution is 0.0874. The molecular formula is C11H14ClN3O2. The molecule has 1 aromatic rings. The third kappa shape index (κ3) is 2.30. The number of hydrogen-bond acceptors (Lipinski definition) is 4. The number of rotatable bonds is 2. The highest BCUT2D eigenvalue weighted by Gasteiger charge is 2.33. The van der Waals surface area contributed by atoms with Crippen molar-refractivity contribution in [2.45, 2.75) is 18.9 Å². The first-order chi connectivity index (χ1) is 8.20. The molecule has 6 heteroatoms. The molecule has 2 bridgehead atoms. The Morgan fingerprint density at radius 1 is 1.59 bits per heavy atom. The van der Waals surface area contributed by atoms with Gasteiger partial charge in [0.2, 0.25) is 5.22 Å². The smallest absolute Gasteiger partial charge is 0.307 e. The van der Waals surface area contributed by atoms with Crippen LogP contribution >= 0.6 is 11.6 Å². The van der Waals surface area contributed by atoms with E-state index in [1.165, 1.54) is 19.2 Å². The van der Waals surface area contributed by atoms with E-state index in [-0.39, 0.29) is 23.1 Å². The van der Waals surface area contributed by atoms with Crippen molar-refractivity contribution in [1.29, 1.82) is 0 Å². The van der Waals surface area contributed by atoms with Gasteiger partial charge in [-0.1, -0.05) is 0 Å². The molecule has 1 amide bonds. The number of fused-ring (bicyclic) bond motifs is 2. The van der Waals surface area contributed by atoms with Gasteiger partial charge in [0, 0.05) is 19.1 Å². The van der Waals surface area contributed by atoms with Crippen LogP contribution in [0.2, 0.25) is 5.22 Å². The summed E-state index contributed by atoms with van der Waals surface area (Å²) in [7, 11) is 0. The van der Waals surface area contributed by atoms with Gasteiger partial charge in [-0.05, 0) is 36.9 Å². The predicted molar refractivity (Wildman–Crippen MR) is 61.9 cm³/mol. The Balaban J connectivity index is 1.62. The lowest BCUT2D eigenvalue weighted by atomic mass is 9.97. The van der Waals surface area contributed by atoms with Gasteiger partial charge in [0.15, 0.2) is 0 Å². The van der Waals surface area contributed by atoms with Crippen molar-refractivity contribution in [3.05, 3.63) is 17.3 Å². The van der Waals surface area contributed by atoms with Gasteiger partial charge in [-0.15, -0.1) is 0 Å². The molecule has 0 radical (unpaired) electrons. The first-order valence-corrected chi connectivity index (χ1v) is 6.23. The summed E-state index contributed by atoms with van der Waals surface area (Å²) in [5.41, 5.74) is 0. The SMILES string of the molecule is O=C(N[C@H]1C[C@H]2CCN(C2)C1)c1ncc(Cl)o1. The molecule has 1 N–H and O–H groups in total. The van der Waals surface area contributed by atoms with Gasteiger partial charge in [-0.2, -0.15) is 0 Å². The molecule has 1 unspecified atom stereocenters. The number of carbonyl (C=O) groups excluding carboxylic acids is 1. The Labute approximate surface area is 104 Å². The molecule has 3 atom stereocenters. The molecule has 3 rings (SSSR count). The van der Waals surface area contributed by atoms with E-state index >= 15 is 0 Å². The zero-order valence-corrected chi connectivity index (χ0v) is 10.1. The van der Waals surface area contributed by atoms with Crippen LogP contribution in [-0.4, -0.2) is 41.5 Å². The van der Waals surface area contributed by atoms with Crippen molar-refractivity contribution in [2.75, 3.05) is 19.6 Å². The molecule has 2 saturated heterocycles. The average molecular weight is 256 g/mol. The van der Waals surface area contributed by atoms with Crippen LogP contribution in [0.3, 0.4) is 0 Å². The van der Waals surface area contributed by atoms with Crippen molar-refractivity contribution < 1.29 is 9.21 Å². The van der Waals surface area contributed by atoms with E-state index in [4.69, 9.17) is 16.0 Å². The maximum Gasteiger partial charge on any atom is 0.307 e. The van der Waals surface area contributed by atoms with E-state index in [0.29, 0.717) is 0 Å². The quantitative estimate of drug-likeness (QED) is 0.861. The molecule has 3 heterocycles. The fourth-order valence-electron chi connectivity index (χ4n) is 2.77. The van der Waals surface area contributed by atoms with Crippen molar-refractivity contribution >= 4 is 17.5 Å². The fraction of sp³-hybridized carbons (Fsp3) is 0.636. The van der Waals surface area contributed by atoms with E-state index < -0.39 is 0 Å². The van der Waals surface area contributed by atoms with Crippen LogP contribution in [0.4, 0.5) is 0 Å². The van der Waals surface area contributed by atoms with Gasteiger partial charge in [0.05, 0.1) is 6.20 Å². The van der Waals surface area contributed by atoms with Gasteiger partial charge in [-0.3, -0.25) is 4.79 Å². The molecule has 0 saturated carbocycles. The fourth-order valence-corrected chi connectivity index (χ4v) is 2.89. The Morgan fingerprint density at radius 2 is 2.47 bits per heavy atom. The molecule has 17 heavy (non-hydrogen) atoms. The minimum absolute atomic E-state index is 0.0444. The number of nitrogens with one attached hydrogen (secondary N) is 1. The zero-order chi connectivity index (χ0) is 11.8. The molecule has 0 aliphatic carbocycles. The van der Waals surface area contributed by atoms with Gasteiger partial charge in [-0.25, -0.2) is 4.98 Å². The lowest BCUT2D eigenvalue weighted by Crippen LogP contribution is -2.47. The van der Waals surface area contributed by atoms with Crippen molar-refractivity contribution in [1.82, 2.24) is 15.2 Å². The number of hydrogen-bond donors (Lipinski definition) is 1. The van der Waals surface area contributed by atoms with E-state index in [0.717, 1.165) is 25.4 Å².